The number of hydrogen-bond donors (Lipinski definition) is 1. The molecule has 21 heavy (non-hydrogen) atoms. The van der Waals surface area contributed by atoms with Crippen LogP contribution < -0.4 is 9.47 Å². The number of benzene rings is 1. The van der Waals surface area contributed by atoms with Crippen LogP contribution in [0.25, 0.3) is 0 Å². The third kappa shape index (κ3) is 3.22. The molecule has 1 aromatic carbocycles. The van der Waals surface area contributed by atoms with Crippen LogP contribution in [0.1, 0.15) is 30.7 Å². The molecule has 0 bridgehead atoms. The third-order valence-electron chi connectivity index (χ3n) is 3.26. The van der Waals surface area contributed by atoms with E-state index >= 15 is 0 Å². The number of hydrogen-bond acceptors (Lipinski definition) is 4. The van der Waals surface area contributed by atoms with Crippen LogP contribution >= 0.6 is 15.9 Å². The maximum absolute atomic E-state index is 10.7. The number of rotatable bonds is 6. The van der Waals surface area contributed by atoms with Crippen LogP contribution in [0, 0.1) is 0 Å². The van der Waals surface area contributed by atoms with Crippen LogP contribution in [0.15, 0.2) is 28.9 Å². The standard InChI is InChI=1S/C15H19BrN2O3/c1-4-7-18-14(12(16)9-17-18)15(19)11-6-5-10(20-2)8-13(11)21-3/h5-6,8-9,15,19H,4,7H2,1-3H3. The summed E-state index contributed by atoms with van der Waals surface area (Å²) in [6, 6.07) is 5.36. The summed E-state index contributed by atoms with van der Waals surface area (Å²) in [6.07, 6.45) is 1.81. The van der Waals surface area contributed by atoms with Crippen LogP contribution in [-0.4, -0.2) is 29.1 Å². The molecule has 1 unspecified atom stereocenters. The van der Waals surface area contributed by atoms with E-state index in [0.29, 0.717) is 17.1 Å². The zero-order valence-corrected chi connectivity index (χ0v) is 13.9. The number of halogens is 1. The number of aliphatic hydroxyl groups is 1. The number of aromatic nitrogens is 2. The van der Waals surface area contributed by atoms with E-state index in [4.69, 9.17) is 9.47 Å². The molecule has 0 spiro atoms. The Kier molecular flexibility index (Phi) is 5.25. The Morgan fingerprint density at radius 2 is 2.10 bits per heavy atom. The van der Waals surface area contributed by atoms with Crippen molar-refractivity contribution in [1.82, 2.24) is 9.78 Å². The number of aryl methyl sites for hydroxylation is 1. The molecule has 1 aromatic heterocycles. The second kappa shape index (κ2) is 6.95. The molecular formula is C15H19BrN2O3. The van der Waals surface area contributed by atoms with Gasteiger partial charge in [-0.05, 0) is 34.5 Å². The zero-order valence-electron chi connectivity index (χ0n) is 12.3. The van der Waals surface area contributed by atoms with Gasteiger partial charge in [0.2, 0.25) is 0 Å². The van der Waals surface area contributed by atoms with Gasteiger partial charge < -0.3 is 14.6 Å². The molecule has 114 valence electrons. The van der Waals surface area contributed by atoms with Gasteiger partial charge in [-0.25, -0.2) is 0 Å². The van der Waals surface area contributed by atoms with E-state index < -0.39 is 6.10 Å². The highest BCUT2D eigenvalue weighted by Crippen LogP contribution is 2.35. The largest absolute Gasteiger partial charge is 0.497 e. The lowest BCUT2D eigenvalue weighted by Crippen LogP contribution is -2.11. The fourth-order valence-electron chi connectivity index (χ4n) is 2.23. The number of aliphatic hydroxyl groups excluding tert-OH is 1. The van der Waals surface area contributed by atoms with Gasteiger partial charge in [0, 0.05) is 18.2 Å². The molecule has 1 N–H and O–H groups in total. The smallest absolute Gasteiger partial charge is 0.128 e. The summed E-state index contributed by atoms with van der Waals surface area (Å²) in [5.41, 5.74) is 1.40. The Bertz CT molecular complexity index is 613. The van der Waals surface area contributed by atoms with Gasteiger partial charge in [-0.3, -0.25) is 4.68 Å². The summed E-state index contributed by atoms with van der Waals surface area (Å²) >= 11 is 3.45. The molecule has 0 fully saturated rings. The van der Waals surface area contributed by atoms with Crippen LogP contribution in [0.4, 0.5) is 0 Å². The van der Waals surface area contributed by atoms with Crippen molar-refractivity contribution >= 4 is 15.9 Å². The zero-order chi connectivity index (χ0) is 15.4. The quantitative estimate of drug-likeness (QED) is 0.865. The minimum Gasteiger partial charge on any atom is -0.497 e. The van der Waals surface area contributed by atoms with Crippen LogP contribution in [-0.2, 0) is 6.54 Å². The molecule has 1 atom stereocenters. The van der Waals surface area contributed by atoms with E-state index in [1.807, 2.05) is 0 Å². The first-order chi connectivity index (χ1) is 10.1. The monoisotopic (exact) mass is 354 g/mol. The first-order valence-electron chi connectivity index (χ1n) is 6.73. The average molecular weight is 355 g/mol. The summed E-state index contributed by atoms with van der Waals surface area (Å²) < 4.78 is 13.1. The van der Waals surface area contributed by atoms with Crippen LogP contribution in [0.5, 0.6) is 11.5 Å². The Balaban J connectivity index is 2.44. The van der Waals surface area contributed by atoms with Gasteiger partial charge in [0.15, 0.2) is 0 Å². The molecule has 0 saturated heterocycles. The van der Waals surface area contributed by atoms with E-state index in [-0.39, 0.29) is 0 Å². The van der Waals surface area contributed by atoms with E-state index in [0.717, 1.165) is 23.1 Å². The summed E-state index contributed by atoms with van der Waals surface area (Å²) in [7, 11) is 3.17. The average Bonchev–Trinajstić information content (AvgIpc) is 2.87. The molecule has 2 rings (SSSR count). The summed E-state index contributed by atoms with van der Waals surface area (Å²) in [4.78, 5) is 0. The highest BCUT2D eigenvalue weighted by atomic mass is 79.9. The van der Waals surface area contributed by atoms with Crippen molar-refractivity contribution < 1.29 is 14.6 Å². The summed E-state index contributed by atoms with van der Waals surface area (Å²) in [5, 5.41) is 15.0. The van der Waals surface area contributed by atoms with Crippen molar-refractivity contribution in [3.63, 3.8) is 0 Å². The highest BCUT2D eigenvalue weighted by molar-refractivity contribution is 9.10. The van der Waals surface area contributed by atoms with E-state index in [9.17, 15) is 5.11 Å². The summed E-state index contributed by atoms with van der Waals surface area (Å²) in [6.45, 7) is 2.82. The Morgan fingerprint density at radius 3 is 2.71 bits per heavy atom. The van der Waals surface area contributed by atoms with Gasteiger partial charge in [-0.15, -0.1) is 0 Å². The Labute approximate surface area is 132 Å². The maximum atomic E-state index is 10.7. The predicted molar refractivity (Wildman–Crippen MR) is 83.8 cm³/mol. The molecule has 2 aromatic rings. The first kappa shape index (κ1) is 15.9. The predicted octanol–water partition coefficient (Wildman–Crippen LogP) is 3.15. The van der Waals surface area contributed by atoms with Gasteiger partial charge in [-0.1, -0.05) is 6.92 Å². The second-order valence-corrected chi connectivity index (χ2v) is 5.47. The third-order valence-corrected chi connectivity index (χ3v) is 3.87. The lowest BCUT2D eigenvalue weighted by atomic mass is 10.0. The van der Waals surface area contributed by atoms with Gasteiger partial charge >= 0.3 is 0 Å². The molecule has 5 nitrogen and oxygen atoms in total. The minimum absolute atomic E-state index is 0.581. The fourth-order valence-corrected chi connectivity index (χ4v) is 2.74. The van der Waals surface area contributed by atoms with E-state index in [1.165, 1.54) is 0 Å². The van der Waals surface area contributed by atoms with E-state index in [1.54, 1.807) is 43.3 Å². The first-order valence-corrected chi connectivity index (χ1v) is 7.52. The van der Waals surface area contributed by atoms with Crippen LogP contribution in [0.2, 0.25) is 0 Å². The molecular weight excluding hydrogens is 336 g/mol. The number of methoxy groups -OCH3 is 2. The molecule has 0 radical (unpaired) electrons. The van der Waals surface area contributed by atoms with Gasteiger partial charge in [-0.2, -0.15) is 5.10 Å². The van der Waals surface area contributed by atoms with Crippen molar-refractivity contribution in [1.29, 1.82) is 0 Å². The molecule has 1 heterocycles. The molecule has 0 amide bonds. The fraction of sp³-hybridized carbons (Fsp3) is 0.400. The van der Waals surface area contributed by atoms with Crippen LogP contribution in [0.3, 0.4) is 0 Å². The summed E-state index contributed by atoms with van der Waals surface area (Å²) in [5.74, 6) is 1.27. The molecule has 0 aliphatic rings. The normalized spacial score (nSPS) is 12.2. The number of nitrogens with zero attached hydrogens (tertiary/aromatic N) is 2. The Morgan fingerprint density at radius 1 is 1.33 bits per heavy atom. The van der Waals surface area contributed by atoms with Crippen molar-refractivity contribution in [3.8, 4) is 11.5 Å². The van der Waals surface area contributed by atoms with Crippen molar-refractivity contribution in [2.24, 2.45) is 0 Å². The Hall–Kier alpha value is -1.53. The number of ether oxygens (including phenoxy) is 2. The van der Waals surface area contributed by atoms with E-state index in [2.05, 4.69) is 28.0 Å². The van der Waals surface area contributed by atoms with Gasteiger partial charge in [0.25, 0.3) is 0 Å². The van der Waals surface area contributed by atoms with Crippen molar-refractivity contribution in [2.45, 2.75) is 26.0 Å². The molecule has 0 aliphatic heterocycles. The second-order valence-electron chi connectivity index (χ2n) is 4.61. The minimum atomic E-state index is -0.825. The molecule has 6 heteroatoms. The van der Waals surface area contributed by atoms with Gasteiger partial charge in [0.05, 0.1) is 30.6 Å². The topological polar surface area (TPSA) is 56.5 Å². The van der Waals surface area contributed by atoms with Crippen molar-refractivity contribution in [3.05, 3.63) is 40.1 Å². The lowest BCUT2D eigenvalue weighted by Gasteiger charge is -2.17. The molecule has 0 aliphatic carbocycles. The lowest BCUT2D eigenvalue weighted by molar-refractivity contribution is 0.201. The SMILES string of the molecule is CCCn1ncc(Br)c1C(O)c1ccc(OC)cc1OC. The highest BCUT2D eigenvalue weighted by Gasteiger charge is 2.22. The molecule has 0 saturated carbocycles. The maximum Gasteiger partial charge on any atom is 0.128 e. The van der Waals surface area contributed by atoms with Gasteiger partial charge in [0.1, 0.15) is 17.6 Å². The van der Waals surface area contributed by atoms with Crippen molar-refractivity contribution in [2.75, 3.05) is 14.2 Å².